The molecule has 0 radical (unpaired) electrons. The average molecular weight is 235 g/mol. The highest BCUT2D eigenvalue weighted by Crippen LogP contribution is 2.21. The Kier molecular flexibility index (Phi) is 3.97. The van der Waals surface area contributed by atoms with Gasteiger partial charge in [0.15, 0.2) is 0 Å². The summed E-state index contributed by atoms with van der Waals surface area (Å²) in [4.78, 5) is 6.85. The number of nitrogens with zero attached hydrogens (tertiary/aromatic N) is 2. The third-order valence-corrected chi connectivity index (χ3v) is 2.95. The Labute approximate surface area is 103 Å². The third-order valence-electron chi connectivity index (χ3n) is 2.95. The molecule has 0 saturated carbocycles. The Hall–Kier alpha value is -1.13. The summed E-state index contributed by atoms with van der Waals surface area (Å²) in [5, 5.41) is 3.19. The molecule has 1 aromatic rings. The smallest absolute Gasteiger partial charge is 0.133 e. The van der Waals surface area contributed by atoms with Gasteiger partial charge in [-0.2, -0.15) is 0 Å². The van der Waals surface area contributed by atoms with Gasteiger partial charge in [-0.15, -0.1) is 0 Å². The van der Waals surface area contributed by atoms with Gasteiger partial charge < -0.3 is 15.0 Å². The summed E-state index contributed by atoms with van der Waals surface area (Å²) in [6, 6.07) is 4.12. The lowest BCUT2D eigenvalue weighted by atomic mass is 10.2. The fourth-order valence-electron chi connectivity index (χ4n) is 2.39. The van der Waals surface area contributed by atoms with Crippen molar-refractivity contribution >= 4 is 5.82 Å². The molecule has 0 bridgehead atoms. The standard InChI is InChI=1S/C13H21N3O/c1-10-8-16(9-11(2)17-10)13-12(7-14-3)5-4-6-15-13/h4-6,10-11,14H,7-9H2,1-3H3. The summed E-state index contributed by atoms with van der Waals surface area (Å²) < 4.78 is 5.75. The second-order valence-electron chi connectivity index (χ2n) is 4.68. The molecule has 94 valence electrons. The van der Waals surface area contributed by atoms with Gasteiger partial charge >= 0.3 is 0 Å². The van der Waals surface area contributed by atoms with Gasteiger partial charge in [-0.25, -0.2) is 4.98 Å². The second-order valence-corrected chi connectivity index (χ2v) is 4.68. The lowest BCUT2D eigenvalue weighted by molar-refractivity contribution is -0.00550. The maximum absolute atomic E-state index is 5.75. The fraction of sp³-hybridized carbons (Fsp3) is 0.615. The molecule has 1 aromatic heterocycles. The molecule has 1 saturated heterocycles. The minimum atomic E-state index is 0.267. The van der Waals surface area contributed by atoms with E-state index in [0.29, 0.717) is 0 Å². The number of hydrogen-bond acceptors (Lipinski definition) is 4. The Balaban J connectivity index is 2.20. The van der Waals surface area contributed by atoms with Gasteiger partial charge in [-0.05, 0) is 27.0 Å². The monoisotopic (exact) mass is 235 g/mol. The van der Waals surface area contributed by atoms with Crippen LogP contribution in [0.2, 0.25) is 0 Å². The first kappa shape index (κ1) is 12.3. The van der Waals surface area contributed by atoms with Crippen molar-refractivity contribution < 1.29 is 4.74 Å². The van der Waals surface area contributed by atoms with E-state index in [4.69, 9.17) is 4.74 Å². The number of ether oxygens (including phenoxy) is 1. The van der Waals surface area contributed by atoms with E-state index in [1.54, 1.807) is 0 Å². The molecule has 0 aromatic carbocycles. The molecular weight excluding hydrogens is 214 g/mol. The molecule has 0 spiro atoms. The zero-order valence-corrected chi connectivity index (χ0v) is 10.8. The fourth-order valence-corrected chi connectivity index (χ4v) is 2.39. The van der Waals surface area contributed by atoms with Gasteiger partial charge in [0.2, 0.25) is 0 Å². The molecule has 1 N–H and O–H groups in total. The highest BCUT2D eigenvalue weighted by Gasteiger charge is 2.24. The number of pyridine rings is 1. The maximum Gasteiger partial charge on any atom is 0.133 e. The molecule has 1 aliphatic heterocycles. The van der Waals surface area contributed by atoms with Crippen LogP contribution in [0.4, 0.5) is 5.82 Å². The summed E-state index contributed by atoms with van der Waals surface area (Å²) in [5.41, 5.74) is 1.25. The van der Waals surface area contributed by atoms with E-state index in [9.17, 15) is 0 Å². The van der Waals surface area contributed by atoms with Crippen LogP contribution in [-0.2, 0) is 11.3 Å². The molecule has 1 aliphatic rings. The molecule has 4 heteroatoms. The lowest BCUT2D eigenvalue weighted by Crippen LogP contribution is -2.46. The van der Waals surface area contributed by atoms with E-state index in [1.165, 1.54) is 5.56 Å². The quantitative estimate of drug-likeness (QED) is 0.859. The minimum Gasteiger partial charge on any atom is -0.372 e. The highest BCUT2D eigenvalue weighted by molar-refractivity contribution is 5.47. The number of hydrogen-bond donors (Lipinski definition) is 1. The van der Waals surface area contributed by atoms with Crippen LogP contribution in [0.15, 0.2) is 18.3 Å². The first-order valence-corrected chi connectivity index (χ1v) is 6.19. The molecule has 2 unspecified atom stereocenters. The predicted octanol–water partition coefficient (Wildman–Crippen LogP) is 1.41. The summed E-state index contributed by atoms with van der Waals surface area (Å²) in [5.74, 6) is 1.09. The Morgan fingerprint density at radius 3 is 2.76 bits per heavy atom. The molecule has 2 heterocycles. The lowest BCUT2D eigenvalue weighted by Gasteiger charge is -2.36. The maximum atomic E-state index is 5.75. The number of rotatable bonds is 3. The Morgan fingerprint density at radius 2 is 2.12 bits per heavy atom. The molecule has 4 nitrogen and oxygen atoms in total. The van der Waals surface area contributed by atoms with Crippen molar-refractivity contribution in [2.24, 2.45) is 0 Å². The summed E-state index contributed by atoms with van der Waals surface area (Å²) in [6.45, 7) is 6.91. The Morgan fingerprint density at radius 1 is 1.41 bits per heavy atom. The predicted molar refractivity (Wildman–Crippen MR) is 69.2 cm³/mol. The highest BCUT2D eigenvalue weighted by atomic mass is 16.5. The van der Waals surface area contributed by atoms with Crippen LogP contribution in [0.25, 0.3) is 0 Å². The zero-order valence-electron chi connectivity index (χ0n) is 10.8. The van der Waals surface area contributed by atoms with E-state index >= 15 is 0 Å². The minimum absolute atomic E-state index is 0.267. The van der Waals surface area contributed by atoms with Gasteiger partial charge in [0.05, 0.1) is 12.2 Å². The van der Waals surface area contributed by atoms with Crippen LogP contribution >= 0.6 is 0 Å². The number of nitrogens with one attached hydrogen (secondary N) is 1. The van der Waals surface area contributed by atoms with Crippen molar-refractivity contribution in [3.8, 4) is 0 Å². The normalized spacial score (nSPS) is 25.0. The molecule has 0 aliphatic carbocycles. The van der Waals surface area contributed by atoms with E-state index in [1.807, 2.05) is 19.3 Å². The van der Waals surface area contributed by atoms with Crippen molar-refractivity contribution in [2.75, 3.05) is 25.0 Å². The largest absolute Gasteiger partial charge is 0.372 e. The Bertz CT molecular complexity index is 359. The molecule has 17 heavy (non-hydrogen) atoms. The number of morpholine rings is 1. The topological polar surface area (TPSA) is 37.4 Å². The van der Waals surface area contributed by atoms with E-state index in [-0.39, 0.29) is 12.2 Å². The molecule has 0 amide bonds. The van der Waals surface area contributed by atoms with E-state index < -0.39 is 0 Å². The molecule has 2 rings (SSSR count). The first-order chi connectivity index (χ1) is 8.20. The van der Waals surface area contributed by atoms with Gasteiger partial charge in [-0.1, -0.05) is 6.07 Å². The first-order valence-electron chi connectivity index (χ1n) is 6.19. The van der Waals surface area contributed by atoms with Gasteiger partial charge in [-0.3, -0.25) is 0 Å². The molecule has 2 atom stereocenters. The van der Waals surface area contributed by atoms with Crippen LogP contribution in [0, 0.1) is 0 Å². The number of anilines is 1. The average Bonchev–Trinajstić information content (AvgIpc) is 2.29. The van der Waals surface area contributed by atoms with Crippen LogP contribution in [0.3, 0.4) is 0 Å². The number of aromatic nitrogens is 1. The van der Waals surface area contributed by atoms with Crippen LogP contribution < -0.4 is 10.2 Å². The van der Waals surface area contributed by atoms with Crippen molar-refractivity contribution in [2.45, 2.75) is 32.6 Å². The van der Waals surface area contributed by atoms with Crippen molar-refractivity contribution in [1.29, 1.82) is 0 Å². The van der Waals surface area contributed by atoms with E-state index in [0.717, 1.165) is 25.5 Å². The van der Waals surface area contributed by atoms with Gasteiger partial charge in [0.1, 0.15) is 5.82 Å². The molecule has 1 fully saturated rings. The zero-order chi connectivity index (χ0) is 12.3. The van der Waals surface area contributed by atoms with Crippen molar-refractivity contribution in [3.63, 3.8) is 0 Å². The van der Waals surface area contributed by atoms with Crippen LogP contribution in [0.1, 0.15) is 19.4 Å². The SMILES string of the molecule is CNCc1cccnc1N1CC(C)OC(C)C1. The van der Waals surface area contributed by atoms with E-state index in [2.05, 4.69) is 35.1 Å². The van der Waals surface area contributed by atoms with Crippen molar-refractivity contribution in [3.05, 3.63) is 23.9 Å². The molecular formula is C13H21N3O. The second kappa shape index (κ2) is 5.47. The van der Waals surface area contributed by atoms with Gasteiger partial charge in [0.25, 0.3) is 0 Å². The van der Waals surface area contributed by atoms with Crippen molar-refractivity contribution in [1.82, 2.24) is 10.3 Å². The summed E-state index contributed by atoms with van der Waals surface area (Å²) in [7, 11) is 1.96. The summed E-state index contributed by atoms with van der Waals surface area (Å²) in [6.07, 6.45) is 2.39. The van der Waals surface area contributed by atoms with Crippen LogP contribution in [-0.4, -0.2) is 37.3 Å². The summed E-state index contributed by atoms with van der Waals surface area (Å²) >= 11 is 0. The third kappa shape index (κ3) is 2.96. The van der Waals surface area contributed by atoms with Crippen LogP contribution in [0.5, 0.6) is 0 Å². The van der Waals surface area contributed by atoms with Gasteiger partial charge in [0, 0.05) is 31.4 Å².